The van der Waals surface area contributed by atoms with Crippen LogP contribution in [-0.2, 0) is 17.8 Å². The molecule has 0 atom stereocenters. The molecule has 0 unspecified atom stereocenters. The molecule has 0 N–H and O–H groups in total. The number of rotatable bonds is 4. The highest BCUT2D eigenvalue weighted by Crippen LogP contribution is 2.31. The highest BCUT2D eigenvalue weighted by atomic mass is 32.1. The molecule has 2 aliphatic rings. The number of hydrogen-bond acceptors (Lipinski definition) is 6. The molecule has 0 aliphatic carbocycles. The zero-order valence-corrected chi connectivity index (χ0v) is 17.1. The number of anilines is 1. The lowest BCUT2D eigenvalue weighted by molar-refractivity contribution is -0.133. The smallest absolute Gasteiger partial charge is 0.223 e. The van der Waals surface area contributed by atoms with E-state index >= 15 is 0 Å². The SMILES string of the molecule is CC(C)c1nnc(N2CCC(CC(=O)N3CCc4sccc4C3)CC2)s1. The molecule has 4 rings (SSSR count). The Balaban J connectivity index is 1.28. The van der Waals surface area contributed by atoms with Gasteiger partial charge in [-0.1, -0.05) is 25.2 Å². The van der Waals surface area contributed by atoms with Gasteiger partial charge in [0.05, 0.1) is 0 Å². The molecule has 0 spiro atoms. The fourth-order valence-electron chi connectivity index (χ4n) is 3.75. The first kappa shape index (κ1) is 17.9. The third-order valence-electron chi connectivity index (χ3n) is 5.43. The number of fused-ring (bicyclic) bond motifs is 1. The number of carbonyl (C=O) groups excluding carboxylic acids is 1. The second-order valence-corrected chi connectivity index (χ2v) is 9.63. The van der Waals surface area contributed by atoms with E-state index in [1.54, 1.807) is 11.3 Å². The minimum atomic E-state index is 0.332. The predicted octanol–water partition coefficient (Wildman–Crippen LogP) is 3.91. The van der Waals surface area contributed by atoms with E-state index in [1.165, 1.54) is 10.4 Å². The van der Waals surface area contributed by atoms with Crippen molar-refractivity contribution in [1.29, 1.82) is 0 Å². The Hall–Kier alpha value is -1.47. The Bertz CT molecular complexity index is 761. The van der Waals surface area contributed by atoms with Crippen LogP contribution in [0.15, 0.2) is 11.4 Å². The molecule has 4 heterocycles. The van der Waals surface area contributed by atoms with Crippen LogP contribution < -0.4 is 4.90 Å². The van der Waals surface area contributed by atoms with Gasteiger partial charge >= 0.3 is 0 Å². The van der Waals surface area contributed by atoms with Gasteiger partial charge in [0.1, 0.15) is 5.01 Å². The van der Waals surface area contributed by atoms with Crippen LogP contribution in [0.2, 0.25) is 0 Å². The van der Waals surface area contributed by atoms with E-state index in [1.807, 2.05) is 11.3 Å². The first-order chi connectivity index (χ1) is 12.6. The highest BCUT2D eigenvalue weighted by molar-refractivity contribution is 7.15. The van der Waals surface area contributed by atoms with Crippen molar-refractivity contribution >= 4 is 33.7 Å². The normalized spacial score (nSPS) is 18.4. The molecular formula is C19H26N4OS2. The standard InChI is InChI=1S/C19H26N4OS2/c1-13(2)18-20-21-19(26-18)22-7-3-14(4-8-22)11-17(24)23-9-5-16-15(12-23)6-10-25-16/h6,10,13-14H,3-5,7-9,11-12H2,1-2H3. The molecule has 1 fully saturated rings. The quantitative estimate of drug-likeness (QED) is 0.794. The zero-order chi connectivity index (χ0) is 18.1. The van der Waals surface area contributed by atoms with E-state index in [9.17, 15) is 4.79 Å². The number of nitrogens with zero attached hydrogens (tertiary/aromatic N) is 4. The molecular weight excluding hydrogens is 364 g/mol. The van der Waals surface area contributed by atoms with E-state index in [-0.39, 0.29) is 0 Å². The van der Waals surface area contributed by atoms with E-state index in [4.69, 9.17) is 0 Å². The molecule has 2 aliphatic heterocycles. The van der Waals surface area contributed by atoms with Gasteiger partial charge < -0.3 is 9.80 Å². The average Bonchev–Trinajstić information content (AvgIpc) is 3.31. The van der Waals surface area contributed by atoms with Crippen molar-refractivity contribution in [2.45, 2.75) is 52.0 Å². The Morgan fingerprint density at radius 3 is 2.81 bits per heavy atom. The molecule has 1 saturated heterocycles. The van der Waals surface area contributed by atoms with Crippen molar-refractivity contribution in [3.05, 3.63) is 26.9 Å². The molecule has 0 saturated carbocycles. The van der Waals surface area contributed by atoms with Gasteiger partial charge in [0.25, 0.3) is 0 Å². The molecule has 26 heavy (non-hydrogen) atoms. The van der Waals surface area contributed by atoms with Gasteiger partial charge in [-0.3, -0.25) is 4.79 Å². The summed E-state index contributed by atoms with van der Waals surface area (Å²) in [5.74, 6) is 1.27. The van der Waals surface area contributed by atoms with Crippen molar-refractivity contribution in [1.82, 2.24) is 15.1 Å². The van der Waals surface area contributed by atoms with E-state index in [0.29, 0.717) is 24.2 Å². The molecule has 0 aromatic carbocycles. The maximum atomic E-state index is 12.7. The summed E-state index contributed by atoms with van der Waals surface area (Å²) >= 11 is 3.53. The molecule has 2 aromatic rings. The van der Waals surface area contributed by atoms with Crippen molar-refractivity contribution in [3.63, 3.8) is 0 Å². The summed E-state index contributed by atoms with van der Waals surface area (Å²) in [5, 5.41) is 13.0. The first-order valence-corrected chi connectivity index (χ1v) is 11.2. The number of carbonyl (C=O) groups is 1. The molecule has 5 nitrogen and oxygen atoms in total. The summed E-state index contributed by atoms with van der Waals surface area (Å²) in [6, 6.07) is 2.17. The van der Waals surface area contributed by atoms with Crippen LogP contribution in [0, 0.1) is 5.92 Å². The summed E-state index contributed by atoms with van der Waals surface area (Å²) in [5.41, 5.74) is 1.35. The molecule has 2 aromatic heterocycles. The van der Waals surface area contributed by atoms with Crippen LogP contribution in [0.25, 0.3) is 0 Å². The van der Waals surface area contributed by atoms with Gasteiger partial charge in [0, 0.05) is 43.4 Å². The Labute approximate surface area is 163 Å². The summed E-state index contributed by atoms with van der Waals surface area (Å²) in [4.78, 5) is 18.6. The van der Waals surface area contributed by atoms with Gasteiger partial charge in [-0.05, 0) is 42.2 Å². The minimum absolute atomic E-state index is 0.332. The van der Waals surface area contributed by atoms with Crippen LogP contribution >= 0.6 is 22.7 Å². The number of amides is 1. The third-order valence-corrected chi connectivity index (χ3v) is 7.74. The van der Waals surface area contributed by atoms with Crippen LogP contribution in [0.4, 0.5) is 5.13 Å². The summed E-state index contributed by atoms with van der Waals surface area (Å²) in [7, 11) is 0. The molecule has 7 heteroatoms. The van der Waals surface area contributed by atoms with E-state index < -0.39 is 0 Å². The Morgan fingerprint density at radius 1 is 1.27 bits per heavy atom. The number of thiophene rings is 1. The summed E-state index contributed by atoms with van der Waals surface area (Å²) in [6.45, 7) is 7.97. The number of hydrogen-bond donors (Lipinski definition) is 0. The van der Waals surface area contributed by atoms with Gasteiger partial charge in [-0.25, -0.2) is 0 Å². The minimum Gasteiger partial charge on any atom is -0.347 e. The molecule has 1 amide bonds. The van der Waals surface area contributed by atoms with Crippen molar-refractivity contribution in [3.8, 4) is 0 Å². The van der Waals surface area contributed by atoms with Crippen molar-refractivity contribution in [2.24, 2.45) is 5.92 Å². The largest absolute Gasteiger partial charge is 0.347 e. The summed E-state index contributed by atoms with van der Waals surface area (Å²) in [6.07, 6.45) is 3.85. The van der Waals surface area contributed by atoms with Gasteiger partial charge in [0.15, 0.2) is 0 Å². The lowest BCUT2D eigenvalue weighted by Gasteiger charge is -2.33. The fourth-order valence-corrected chi connectivity index (χ4v) is 5.54. The lowest BCUT2D eigenvalue weighted by Crippen LogP contribution is -2.39. The zero-order valence-electron chi connectivity index (χ0n) is 15.5. The maximum absolute atomic E-state index is 12.7. The van der Waals surface area contributed by atoms with Crippen molar-refractivity contribution in [2.75, 3.05) is 24.5 Å². The van der Waals surface area contributed by atoms with Crippen LogP contribution in [0.3, 0.4) is 0 Å². The second kappa shape index (κ2) is 7.64. The predicted molar refractivity (Wildman–Crippen MR) is 107 cm³/mol. The highest BCUT2D eigenvalue weighted by Gasteiger charge is 2.27. The van der Waals surface area contributed by atoms with Gasteiger partial charge in [0.2, 0.25) is 11.0 Å². The maximum Gasteiger partial charge on any atom is 0.223 e. The number of piperidine rings is 1. The molecule has 140 valence electrons. The third kappa shape index (κ3) is 3.78. The average molecular weight is 391 g/mol. The van der Waals surface area contributed by atoms with Crippen LogP contribution in [0.5, 0.6) is 0 Å². The Morgan fingerprint density at radius 2 is 2.08 bits per heavy atom. The number of aromatic nitrogens is 2. The Kier molecular flexibility index (Phi) is 5.27. The molecule has 0 radical (unpaired) electrons. The van der Waals surface area contributed by atoms with Crippen LogP contribution in [-0.4, -0.2) is 40.6 Å². The van der Waals surface area contributed by atoms with Crippen LogP contribution in [0.1, 0.15) is 54.5 Å². The van der Waals surface area contributed by atoms with Crippen molar-refractivity contribution < 1.29 is 4.79 Å². The fraction of sp³-hybridized carbons (Fsp3) is 0.632. The summed E-state index contributed by atoms with van der Waals surface area (Å²) < 4.78 is 0. The van der Waals surface area contributed by atoms with Gasteiger partial charge in [-0.2, -0.15) is 0 Å². The van der Waals surface area contributed by atoms with E-state index in [0.717, 1.165) is 55.6 Å². The second-order valence-electron chi connectivity index (χ2n) is 7.65. The van der Waals surface area contributed by atoms with Gasteiger partial charge in [-0.15, -0.1) is 21.5 Å². The molecule has 0 bridgehead atoms. The van der Waals surface area contributed by atoms with E-state index in [2.05, 4.69) is 45.3 Å². The topological polar surface area (TPSA) is 49.3 Å². The first-order valence-electron chi connectivity index (χ1n) is 9.51. The lowest BCUT2D eigenvalue weighted by atomic mass is 9.93. The monoisotopic (exact) mass is 390 g/mol.